The van der Waals surface area contributed by atoms with E-state index in [1.54, 1.807) is 0 Å². The lowest BCUT2D eigenvalue weighted by molar-refractivity contribution is -0.161. The summed E-state index contributed by atoms with van der Waals surface area (Å²) in [6.45, 7) is 3.66. The fourth-order valence-electron chi connectivity index (χ4n) is 5.25. The Bertz CT molecular complexity index is 751. The molecule has 45 heavy (non-hydrogen) atoms. The molecule has 266 valence electrons. The SMILES string of the molecule is CCCCCC/C=C/CCCCCCCC(=O)O[C@H](COC(=O)CCCCCCCCCCCCCCCC)COP(=O)(O)O. The summed E-state index contributed by atoms with van der Waals surface area (Å²) in [6, 6.07) is 0. The quantitative estimate of drug-likeness (QED) is 0.0303. The Kier molecular flexibility index (Phi) is 31.8. The lowest BCUT2D eigenvalue weighted by Crippen LogP contribution is -2.29. The molecule has 8 nitrogen and oxygen atoms in total. The molecule has 0 aliphatic heterocycles. The van der Waals surface area contributed by atoms with Gasteiger partial charge in [-0.1, -0.05) is 148 Å². The van der Waals surface area contributed by atoms with E-state index in [1.807, 2.05) is 0 Å². The Labute approximate surface area is 276 Å². The van der Waals surface area contributed by atoms with Crippen LogP contribution in [0.15, 0.2) is 12.2 Å². The molecule has 0 fully saturated rings. The average Bonchev–Trinajstić information content (AvgIpc) is 3.00. The van der Waals surface area contributed by atoms with E-state index in [4.69, 9.17) is 19.3 Å². The highest BCUT2D eigenvalue weighted by Crippen LogP contribution is 2.36. The standard InChI is InChI=1S/C36H69O8P/c1-3-5-7-9-11-13-15-17-19-20-22-24-26-28-30-35(37)42-32-34(33-43-45(39,40)41)44-36(38)31-29-27-25-23-21-18-16-14-12-10-8-6-4-2/h14,16,34H,3-13,15,17-33H2,1-2H3,(H2,39,40,41)/b16-14+/t34-/m1/s1. The topological polar surface area (TPSA) is 119 Å². The first kappa shape index (κ1) is 43.8. The number of carbonyl (C=O) groups excluding carboxylic acids is 2. The van der Waals surface area contributed by atoms with E-state index in [0.717, 1.165) is 51.4 Å². The fourth-order valence-corrected chi connectivity index (χ4v) is 5.61. The second kappa shape index (κ2) is 32.7. The van der Waals surface area contributed by atoms with Gasteiger partial charge in [-0.05, 0) is 38.5 Å². The maximum Gasteiger partial charge on any atom is 0.469 e. The van der Waals surface area contributed by atoms with Gasteiger partial charge >= 0.3 is 19.8 Å². The van der Waals surface area contributed by atoms with Crippen LogP contribution >= 0.6 is 7.82 Å². The van der Waals surface area contributed by atoms with Crippen LogP contribution in [0.5, 0.6) is 0 Å². The molecule has 0 spiro atoms. The zero-order valence-electron chi connectivity index (χ0n) is 29.0. The summed E-state index contributed by atoms with van der Waals surface area (Å²) in [5, 5.41) is 0. The molecule has 0 saturated carbocycles. The van der Waals surface area contributed by atoms with Crippen LogP contribution in [0.4, 0.5) is 0 Å². The summed E-state index contributed by atoms with van der Waals surface area (Å²) in [6.07, 6.45) is 33.6. The highest BCUT2D eigenvalue weighted by atomic mass is 31.2. The third-order valence-electron chi connectivity index (χ3n) is 8.03. The van der Waals surface area contributed by atoms with Crippen molar-refractivity contribution in [2.75, 3.05) is 13.2 Å². The highest BCUT2D eigenvalue weighted by Gasteiger charge is 2.22. The van der Waals surface area contributed by atoms with Gasteiger partial charge in [0.1, 0.15) is 6.61 Å². The lowest BCUT2D eigenvalue weighted by atomic mass is 10.0. The molecule has 9 heteroatoms. The van der Waals surface area contributed by atoms with Gasteiger partial charge in [-0.25, -0.2) is 4.57 Å². The molecular formula is C36H69O8P. The van der Waals surface area contributed by atoms with Crippen LogP contribution < -0.4 is 0 Å². The Morgan fingerprint density at radius 3 is 1.38 bits per heavy atom. The molecule has 2 N–H and O–H groups in total. The molecule has 0 heterocycles. The maximum atomic E-state index is 12.3. The highest BCUT2D eigenvalue weighted by molar-refractivity contribution is 7.46. The number of carbonyl (C=O) groups is 2. The third-order valence-corrected chi connectivity index (χ3v) is 8.52. The van der Waals surface area contributed by atoms with Gasteiger partial charge in [-0.3, -0.25) is 14.1 Å². The molecule has 0 aromatic heterocycles. The fraction of sp³-hybridized carbons (Fsp3) is 0.889. The predicted molar refractivity (Wildman–Crippen MR) is 184 cm³/mol. The van der Waals surface area contributed by atoms with Gasteiger partial charge in [0.15, 0.2) is 6.10 Å². The van der Waals surface area contributed by atoms with E-state index in [0.29, 0.717) is 6.42 Å². The maximum absolute atomic E-state index is 12.3. The largest absolute Gasteiger partial charge is 0.469 e. The van der Waals surface area contributed by atoms with Crippen LogP contribution in [0, 0.1) is 0 Å². The first-order valence-electron chi connectivity index (χ1n) is 18.5. The van der Waals surface area contributed by atoms with Gasteiger partial charge in [0.25, 0.3) is 0 Å². The van der Waals surface area contributed by atoms with E-state index in [2.05, 4.69) is 30.5 Å². The summed E-state index contributed by atoms with van der Waals surface area (Å²) in [5.41, 5.74) is 0. The van der Waals surface area contributed by atoms with Crippen molar-refractivity contribution in [2.45, 2.75) is 193 Å². The molecule has 0 saturated heterocycles. The molecule has 0 amide bonds. The number of phosphoric ester groups is 1. The van der Waals surface area contributed by atoms with E-state index < -0.39 is 32.5 Å². The summed E-state index contributed by atoms with van der Waals surface area (Å²) < 4.78 is 26.3. The van der Waals surface area contributed by atoms with Crippen molar-refractivity contribution in [2.24, 2.45) is 0 Å². The lowest BCUT2D eigenvalue weighted by Gasteiger charge is -2.18. The summed E-state index contributed by atoms with van der Waals surface area (Å²) in [4.78, 5) is 42.6. The molecule has 0 aliphatic carbocycles. The van der Waals surface area contributed by atoms with Crippen LogP contribution in [0.25, 0.3) is 0 Å². The molecule has 0 bridgehead atoms. The molecule has 0 aliphatic rings. The van der Waals surface area contributed by atoms with Crippen LogP contribution in [0.3, 0.4) is 0 Å². The van der Waals surface area contributed by atoms with Crippen molar-refractivity contribution in [3.05, 3.63) is 12.2 Å². The smallest absolute Gasteiger partial charge is 0.462 e. The number of allylic oxidation sites excluding steroid dienone is 2. The molecule has 0 radical (unpaired) electrons. The second-order valence-electron chi connectivity index (χ2n) is 12.6. The number of phosphoric acid groups is 1. The zero-order valence-corrected chi connectivity index (χ0v) is 29.9. The van der Waals surface area contributed by atoms with Gasteiger partial charge in [0.2, 0.25) is 0 Å². The van der Waals surface area contributed by atoms with Crippen molar-refractivity contribution < 1.29 is 37.9 Å². The molecule has 1 atom stereocenters. The Morgan fingerprint density at radius 2 is 0.933 bits per heavy atom. The second-order valence-corrected chi connectivity index (χ2v) is 13.8. The van der Waals surface area contributed by atoms with Crippen LogP contribution in [0.1, 0.15) is 187 Å². The van der Waals surface area contributed by atoms with Gasteiger partial charge in [0.05, 0.1) is 6.61 Å². The third kappa shape index (κ3) is 35.5. The minimum atomic E-state index is -4.74. The van der Waals surface area contributed by atoms with Crippen LogP contribution in [-0.2, 0) is 28.2 Å². The molecule has 0 rings (SSSR count). The predicted octanol–water partition coefficient (Wildman–Crippen LogP) is 10.7. The Morgan fingerprint density at radius 1 is 0.556 bits per heavy atom. The molecular weight excluding hydrogens is 591 g/mol. The Balaban J connectivity index is 3.96. The van der Waals surface area contributed by atoms with E-state index in [1.165, 1.54) is 103 Å². The molecule has 0 aromatic carbocycles. The summed E-state index contributed by atoms with van der Waals surface area (Å²) in [5.74, 6) is -0.888. The number of hydrogen-bond acceptors (Lipinski definition) is 6. The first-order valence-corrected chi connectivity index (χ1v) is 20.0. The van der Waals surface area contributed by atoms with Crippen molar-refractivity contribution >= 4 is 19.8 Å². The Hall–Kier alpha value is -1.21. The van der Waals surface area contributed by atoms with Gasteiger partial charge in [0, 0.05) is 12.8 Å². The number of rotatable bonds is 34. The van der Waals surface area contributed by atoms with E-state index in [-0.39, 0.29) is 19.4 Å². The number of ether oxygens (including phenoxy) is 2. The number of hydrogen-bond donors (Lipinski definition) is 2. The van der Waals surface area contributed by atoms with Crippen molar-refractivity contribution in [1.29, 1.82) is 0 Å². The monoisotopic (exact) mass is 660 g/mol. The normalized spacial score (nSPS) is 12.5. The van der Waals surface area contributed by atoms with Crippen molar-refractivity contribution in [3.8, 4) is 0 Å². The summed E-state index contributed by atoms with van der Waals surface area (Å²) in [7, 11) is -4.74. The van der Waals surface area contributed by atoms with E-state index in [9.17, 15) is 14.2 Å². The molecule has 0 aromatic rings. The minimum absolute atomic E-state index is 0.205. The average molecular weight is 661 g/mol. The number of esters is 2. The van der Waals surface area contributed by atoms with Crippen molar-refractivity contribution in [1.82, 2.24) is 0 Å². The zero-order chi connectivity index (χ0) is 33.3. The van der Waals surface area contributed by atoms with Gasteiger partial charge in [-0.15, -0.1) is 0 Å². The molecule has 0 unspecified atom stereocenters. The van der Waals surface area contributed by atoms with Gasteiger partial charge in [-0.2, -0.15) is 0 Å². The minimum Gasteiger partial charge on any atom is -0.462 e. The van der Waals surface area contributed by atoms with Crippen molar-refractivity contribution in [3.63, 3.8) is 0 Å². The summed E-state index contributed by atoms with van der Waals surface area (Å²) >= 11 is 0. The first-order chi connectivity index (χ1) is 21.8. The van der Waals surface area contributed by atoms with Crippen LogP contribution in [0.2, 0.25) is 0 Å². The van der Waals surface area contributed by atoms with E-state index >= 15 is 0 Å². The van der Waals surface area contributed by atoms with Crippen LogP contribution in [-0.4, -0.2) is 41.0 Å². The number of unbranched alkanes of at least 4 members (excludes halogenated alkanes) is 22. The van der Waals surface area contributed by atoms with Gasteiger partial charge < -0.3 is 19.3 Å².